The standard InChI is InChI=1S/C13H29O2P/c1-4-7-10-13-16(14,12-9-6-3)15-11-8-5-2/h4-13H2,1-3H3. The lowest BCUT2D eigenvalue weighted by atomic mass is 10.3. The molecular formula is C13H29O2P. The minimum Gasteiger partial charge on any atom is -0.328 e. The van der Waals surface area contributed by atoms with Crippen molar-refractivity contribution < 1.29 is 9.09 Å². The van der Waals surface area contributed by atoms with Gasteiger partial charge in [0, 0.05) is 12.3 Å². The highest BCUT2D eigenvalue weighted by atomic mass is 31.2. The van der Waals surface area contributed by atoms with Crippen molar-refractivity contribution in [1.82, 2.24) is 0 Å². The Labute approximate surface area is 102 Å². The molecule has 0 aliphatic carbocycles. The first kappa shape index (κ1) is 16.2. The predicted molar refractivity (Wildman–Crippen MR) is 72.6 cm³/mol. The van der Waals surface area contributed by atoms with Crippen LogP contribution in [0, 0.1) is 0 Å². The maximum Gasteiger partial charge on any atom is 0.203 e. The first-order chi connectivity index (χ1) is 7.68. The van der Waals surface area contributed by atoms with Gasteiger partial charge in [0.05, 0.1) is 6.61 Å². The molecule has 0 aromatic heterocycles. The Bertz CT molecular complexity index is 178. The van der Waals surface area contributed by atoms with E-state index in [4.69, 9.17) is 4.52 Å². The molecule has 0 spiro atoms. The third kappa shape index (κ3) is 8.35. The van der Waals surface area contributed by atoms with Crippen LogP contribution in [0.3, 0.4) is 0 Å². The van der Waals surface area contributed by atoms with Crippen molar-refractivity contribution >= 4 is 7.37 Å². The van der Waals surface area contributed by atoms with E-state index < -0.39 is 7.37 Å². The average Bonchev–Trinajstić information content (AvgIpc) is 2.27. The predicted octanol–water partition coefficient (Wildman–Crippen LogP) is 5.07. The van der Waals surface area contributed by atoms with E-state index in [1.165, 1.54) is 12.8 Å². The third-order valence-corrected chi connectivity index (χ3v) is 5.43. The molecule has 98 valence electrons. The van der Waals surface area contributed by atoms with Gasteiger partial charge < -0.3 is 4.52 Å². The van der Waals surface area contributed by atoms with Crippen LogP contribution < -0.4 is 0 Å². The van der Waals surface area contributed by atoms with Gasteiger partial charge in [-0.2, -0.15) is 0 Å². The van der Waals surface area contributed by atoms with Gasteiger partial charge in [-0.1, -0.05) is 46.5 Å². The van der Waals surface area contributed by atoms with Gasteiger partial charge in [0.2, 0.25) is 7.37 Å². The molecule has 1 atom stereocenters. The van der Waals surface area contributed by atoms with Gasteiger partial charge in [0.1, 0.15) is 0 Å². The van der Waals surface area contributed by atoms with Crippen LogP contribution in [-0.2, 0) is 9.09 Å². The number of hydrogen-bond acceptors (Lipinski definition) is 2. The molecule has 0 amide bonds. The highest BCUT2D eigenvalue weighted by molar-refractivity contribution is 7.58. The zero-order valence-corrected chi connectivity index (χ0v) is 12.2. The maximum absolute atomic E-state index is 12.5. The zero-order chi connectivity index (χ0) is 12.3. The fourth-order valence-electron chi connectivity index (χ4n) is 1.62. The molecule has 0 aliphatic rings. The van der Waals surface area contributed by atoms with Crippen molar-refractivity contribution in [1.29, 1.82) is 0 Å². The van der Waals surface area contributed by atoms with Crippen molar-refractivity contribution in [3.63, 3.8) is 0 Å². The zero-order valence-electron chi connectivity index (χ0n) is 11.3. The van der Waals surface area contributed by atoms with Crippen LogP contribution in [0.2, 0.25) is 0 Å². The number of unbranched alkanes of at least 4 members (excludes halogenated alkanes) is 4. The Morgan fingerprint density at radius 2 is 1.38 bits per heavy atom. The smallest absolute Gasteiger partial charge is 0.203 e. The molecule has 0 saturated heterocycles. The Hall–Kier alpha value is 0.190. The molecular weight excluding hydrogens is 219 g/mol. The van der Waals surface area contributed by atoms with Gasteiger partial charge in [-0.15, -0.1) is 0 Å². The quantitative estimate of drug-likeness (QED) is 0.377. The van der Waals surface area contributed by atoms with Gasteiger partial charge >= 0.3 is 0 Å². The van der Waals surface area contributed by atoms with E-state index in [1.54, 1.807) is 0 Å². The molecule has 0 heterocycles. The van der Waals surface area contributed by atoms with E-state index >= 15 is 0 Å². The van der Waals surface area contributed by atoms with Gasteiger partial charge in [-0.25, -0.2) is 0 Å². The Morgan fingerprint density at radius 1 is 0.812 bits per heavy atom. The van der Waals surface area contributed by atoms with Gasteiger partial charge in [-0.3, -0.25) is 4.57 Å². The lowest BCUT2D eigenvalue weighted by Crippen LogP contribution is -2.02. The molecule has 3 heteroatoms. The normalized spacial score (nSPS) is 14.9. The second kappa shape index (κ2) is 10.4. The summed E-state index contributed by atoms with van der Waals surface area (Å²) in [6, 6.07) is 0. The molecule has 0 aromatic carbocycles. The van der Waals surface area contributed by atoms with E-state index in [9.17, 15) is 4.57 Å². The number of hydrogen-bond donors (Lipinski definition) is 0. The van der Waals surface area contributed by atoms with E-state index in [1.807, 2.05) is 0 Å². The van der Waals surface area contributed by atoms with Crippen molar-refractivity contribution in [2.24, 2.45) is 0 Å². The van der Waals surface area contributed by atoms with Gasteiger partial charge in [-0.05, 0) is 19.3 Å². The molecule has 0 saturated carbocycles. The second-order valence-corrected chi connectivity index (χ2v) is 7.29. The minimum atomic E-state index is -2.30. The molecule has 16 heavy (non-hydrogen) atoms. The lowest BCUT2D eigenvalue weighted by molar-refractivity contribution is 0.304. The third-order valence-electron chi connectivity index (χ3n) is 2.78. The fraction of sp³-hybridized carbons (Fsp3) is 1.00. The minimum absolute atomic E-state index is 0.684. The summed E-state index contributed by atoms with van der Waals surface area (Å²) in [5.74, 6) is 0. The van der Waals surface area contributed by atoms with Crippen molar-refractivity contribution in [3.8, 4) is 0 Å². The largest absolute Gasteiger partial charge is 0.328 e. The van der Waals surface area contributed by atoms with Crippen LogP contribution in [-0.4, -0.2) is 18.9 Å². The topological polar surface area (TPSA) is 26.3 Å². The summed E-state index contributed by atoms with van der Waals surface area (Å²) in [6.45, 7) is 7.14. The summed E-state index contributed by atoms with van der Waals surface area (Å²) < 4.78 is 18.2. The van der Waals surface area contributed by atoms with Gasteiger partial charge in [0.15, 0.2) is 0 Å². The lowest BCUT2D eigenvalue weighted by Gasteiger charge is -2.18. The molecule has 0 fully saturated rings. The first-order valence-corrected chi connectivity index (χ1v) is 8.90. The van der Waals surface area contributed by atoms with Crippen LogP contribution in [0.25, 0.3) is 0 Å². The van der Waals surface area contributed by atoms with E-state index in [2.05, 4.69) is 20.8 Å². The van der Waals surface area contributed by atoms with E-state index in [0.717, 1.165) is 44.4 Å². The summed E-state index contributed by atoms with van der Waals surface area (Å²) in [5, 5.41) is 0. The molecule has 0 aromatic rings. The van der Waals surface area contributed by atoms with E-state index in [-0.39, 0.29) is 0 Å². The van der Waals surface area contributed by atoms with Crippen LogP contribution in [0.4, 0.5) is 0 Å². The molecule has 0 aliphatic heterocycles. The molecule has 0 bridgehead atoms. The first-order valence-electron chi connectivity index (χ1n) is 6.91. The molecule has 0 radical (unpaired) electrons. The summed E-state index contributed by atoms with van der Waals surface area (Å²) >= 11 is 0. The fourth-order valence-corrected chi connectivity index (χ4v) is 4.06. The summed E-state index contributed by atoms with van der Waals surface area (Å²) in [5.41, 5.74) is 0. The van der Waals surface area contributed by atoms with Crippen molar-refractivity contribution in [2.45, 2.75) is 65.7 Å². The maximum atomic E-state index is 12.5. The average molecular weight is 248 g/mol. The molecule has 0 N–H and O–H groups in total. The SMILES string of the molecule is CCCCCP(=O)(CCCC)OCCCC. The highest BCUT2D eigenvalue weighted by Gasteiger charge is 2.21. The van der Waals surface area contributed by atoms with Crippen molar-refractivity contribution in [2.75, 3.05) is 18.9 Å². The Morgan fingerprint density at radius 3 is 1.94 bits per heavy atom. The van der Waals surface area contributed by atoms with Crippen LogP contribution in [0.15, 0.2) is 0 Å². The highest BCUT2D eigenvalue weighted by Crippen LogP contribution is 2.48. The van der Waals surface area contributed by atoms with Gasteiger partial charge in [0.25, 0.3) is 0 Å². The molecule has 0 rings (SSSR count). The summed E-state index contributed by atoms with van der Waals surface area (Å²) in [4.78, 5) is 0. The molecule has 1 unspecified atom stereocenters. The Kier molecular flexibility index (Phi) is 10.5. The second-order valence-electron chi connectivity index (χ2n) is 4.51. The van der Waals surface area contributed by atoms with Crippen molar-refractivity contribution in [3.05, 3.63) is 0 Å². The Balaban J connectivity index is 3.97. The summed E-state index contributed by atoms with van der Waals surface area (Å²) in [6.07, 6.45) is 9.29. The summed E-state index contributed by atoms with van der Waals surface area (Å²) in [7, 11) is -2.30. The van der Waals surface area contributed by atoms with Crippen LogP contribution in [0.1, 0.15) is 65.7 Å². The van der Waals surface area contributed by atoms with E-state index in [0.29, 0.717) is 6.61 Å². The number of rotatable bonds is 11. The monoisotopic (exact) mass is 248 g/mol. The van der Waals surface area contributed by atoms with Crippen LogP contribution in [0.5, 0.6) is 0 Å². The van der Waals surface area contributed by atoms with Crippen LogP contribution >= 0.6 is 7.37 Å². The molecule has 2 nitrogen and oxygen atoms in total.